The van der Waals surface area contributed by atoms with E-state index >= 15 is 0 Å². The molecule has 3 heteroatoms. The first kappa shape index (κ1) is 7.56. The van der Waals surface area contributed by atoms with Gasteiger partial charge in [0.15, 0.2) is 5.78 Å². The highest BCUT2D eigenvalue weighted by atomic mass is 35.5. The van der Waals surface area contributed by atoms with Crippen LogP contribution in [0.4, 0.5) is 0 Å². The van der Waals surface area contributed by atoms with E-state index in [-0.39, 0.29) is 11.7 Å². The van der Waals surface area contributed by atoms with Crippen LogP contribution in [0.5, 0.6) is 0 Å². The molecule has 11 heavy (non-hydrogen) atoms. The Labute approximate surface area is 70.5 Å². The van der Waals surface area contributed by atoms with E-state index in [9.17, 15) is 9.90 Å². The van der Waals surface area contributed by atoms with Crippen LogP contribution in [0.1, 0.15) is 26.2 Å². The van der Waals surface area contributed by atoms with Gasteiger partial charge < -0.3 is 5.11 Å². The van der Waals surface area contributed by atoms with Gasteiger partial charge in [-0.1, -0.05) is 0 Å². The Balaban J connectivity index is 2.36. The number of hydrogen-bond donors (Lipinski definition) is 1. The molecule has 3 atom stereocenters. The molecule has 0 spiro atoms. The number of halogens is 1. The number of carbonyl (C=O) groups excluding carboxylic acids is 1. The average Bonchev–Trinajstić information content (AvgIpc) is 2.30. The zero-order valence-corrected chi connectivity index (χ0v) is 7.19. The summed E-state index contributed by atoms with van der Waals surface area (Å²) >= 11 is 5.90. The van der Waals surface area contributed by atoms with Gasteiger partial charge in [-0.3, -0.25) is 4.79 Å². The Bertz CT molecular complexity index is 224. The van der Waals surface area contributed by atoms with Crippen molar-refractivity contribution >= 4 is 17.4 Å². The third-order valence-corrected chi connectivity index (χ3v) is 3.73. The summed E-state index contributed by atoms with van der Waals surface area (Å²) in [6.07, 6.45) is 2.43. The minimum Gasteiger partial charge on any atom is -0.387 e. The van der Waals surface area contributed by atoms with Gasteiger partial charge in [-0.25, -0.2) is 0 Å². The molecule has 2 fully saturated rings. The SMILES string of the molecule is C[C@]1(Cl)C(=O)[C@@H]2CCC[C@@]21O. The van der Waals surface area contributed by atoms with Gasteiger partial charge in [0, 0.05) is 0 Å². The molecule has 0 amide bonds. The Morgan fingerprint density at radius 3 is 2.91 bits per heavy atom. The van der Waals surface area contributed by atoms with Gasteiger partial charge in [-0.2, -0.15) is 0 Å². The number of alkyl halides is 1. The van der Waals surface area contributed by atoms with Gasteiger partial charge in [0.2, 0.25) is 0 Å². The molecular formula is C8H11ClO2. The first-order valence-corrected chi connectivity index (χ1v) is 4.33. The van der Waals surface area contributed by atoms with Gasteiger partial charge in [0.1, 0.15) is 10.5 Å². The molecule has 0 bridgehead atoms. The molecule has 0 aromatic heterocycles. The third kappa shape index (κ3) is 0.611. The summed E-state index contributed by atoms with van der Waals surface area (Å²) in [5, 5.41) is 9.90. The fourth-order valence-corrected chi connectivity index (χ4v) is 2.72. The summed E-state index contributed by atoms with van der Waals surface area (Å²) in [6.45, 7) is 1.62. The van der Waals surface area contributed by atoms with E-state index < -0.39 is 10.5 Å². The predicted octanol–water partition coefficient (Wildman–Crippen LogP) is 1.10. The number of ketones is 1. The van der Waals surface area contributed by atoms with E-state index in [1.54, 1.807) is 6.92 Å². The maximum absolute atomic E-state index is 11.3. The molecule has 0 radical (unpaired) electrons. The molecule has 0 saturated heterocycles. The van der Waals surface area contributed by atoms with E-state index in [1.165, 1.54) is 0 Å². The zero-order chi connectivity index (χ0) is 8.28. The smallest absolute Gasteiger partial charge is 0.162 e. The summed E-state index contributed by atoms with van der Waals surface area (Å²) in [4.78, 5) is 10.3. The van der Waals surface area contributed by atoms with Crippen LogP contribution in [0.2, 0.25) is 0 Å². The number of aliphatic hydroxyl groups is 1. The first-order valence-electron chi connectivity index (χ1n) is 3.96. The summed E-state index contributed by atoms with van der Waals surface area (Å²) in [6, 6.07) is 0. The minimum atomic E-state index is -0.992. The second kappa shape index (κ2) is 1.80. The minimum absolute atomic E-state index is 0.0270. The van der Waals surface area contributed by atoms with Crippen molar-refractivity contribution in [1.82, 2.24) is 0 Å². The molecule has 0 unspecified atom stereocenters. The van der Waals surface area contributed by atoms with Crippen LogP contribution < -0.4 is 0 Å². The monoisotopic (exact) mass is 174 g/mol. The molecule has 2 nitrogen and oxygen atoms in total. The average molecular weight is 175 g/mol. The molecule has 0 aliphatic heterocycles. The maximum Gasteiger partial charge on any atom is 0.162 e. The van der Waals surface area contributed by atoms with Crippen molar-refractivity contribution in [3.63, 3.8) is 0 Å². The normalized spacial score (nSPS) is 55.5. The van der Waals surface area contributed by atoms with Crippen molar-refractivity contribution in [2.45, 2.75) is 36.7 Å². The highest BCUT2D eigenvalue weighted by molar-refractivity contribution is 6.39. The van der Waals surface area contributed by atoms with E-state index in [0.717, 1.165) is 12.8 Å². The molecule has 0 aromatic carbocycles. The van der Waals surface area contributed by atoms with Gasteiger partial charge in [-0.15, -0.1) is 11.6 Å². The molecular weight excluding hydrogens is 164 g/mol. The summed E-state index contributed by atoms with van der Waals surface area (Å²) in [7, 11) is 0. The number of hydrogen-bond acceptors (Lipinski definition) is 2. The highest BCUT2D eigenvalue weighted by Gasteiger charge is 2.70. The van der Waals surface area contributed by atoms with Gasteiger partial charge in [-0.05, 0) is 26.2 Å². The maximum atomic E-state index is 11.3. The Morgan fingerprint density at radius 1 is 1.73 bits per heavy atom. The number of Topliss-reactive ketones (excluding diaryl/α,β-unsaturated/α-hetero) is 1. The topological polar surface area (TPSA) is 37.3 Å². The lowest BCUT2D eigenvalue weighted by atomic mass is 9.62. The van der Waals surface area contributed by atoms with Crippen molar-refractivity contribution in [1.29, 1.82) is 0 Å². The van der Waals surface area contributed by atoms with Crippen molar-refractivity contribution in [2.24, 2.45) is 5.92 Å². The lowest BCUT2D eigenvalue weighted by Crippen LogP contribution is -2.69. The van der Waals surface area contributed by atoms with Gasteiger partial charge in [0.05, 0.1) is 5.92 Å². The molecule has 1 N–H and O–H groups in total. The largest absolute Gasteiger partial charge is 0.387 e. The highest BCUT2D eigenvalue weighted by Crippen LogP contribution is 2.57. The van der Waals surface area contributed by atoms with Crippen LogP contribution in [-0.4, -0.2) is 21.4 Å². The number of carbonyl (C=O) groups is 1. The Morgan fingerprint density at radius 2 is 2.36 bits per heavy atom. The molecule has 2 aliphatic carbocycles. The number of rotatable bonds is 0. The molecule has 62 valence electrons. The van der Waals surface area contributed by atoms with Crippen LogP contribution in [0.3, 0.4) is 0 Å². The van der Waals surface area contributed by atoms with Crippen LogP contribution in [-0.2, 0) is 4.79 Å². The van der Waals surface area contributed by atoms with Crippen molar-refractivity contribution in [3.8, 4) is 0 Å². The first-order chi connectivity index (χ1) is 5.00. The zero-order valence-electron chi connectivity index (χ0n) is 6.43. The van der Waals surface area contributed by atoms with Gasteiger partial charge >= 0.3 is 0 Å². The van der Waals surface area contributed by atoms with Gasteiger partial charge in [0.25, 0.3) is 0 Å². The lowest BCUT2D eigenvalue weighted by molar-refractivity contribution is -0.162. The van der Waals surface area contributed by atoms with Crippen LogP contribution in [0, 0.1) is 5.92 Å². The predicted molar refractivity (Wildman–Crippen MR) is 41.6 cm³/mol. The van der Waals surface area contributed by atoms with Crippen LogP contribution >= 0.6 is 11.6 Å². The Kier molecular flexibility index (Phi) is 1.24. The fourth-order valence-electron chi connectivity index (χ4n) is 2.36. The van der Waals surface area contributed by atoms with Crippen molar-refractivity contribution < 1.29 is 9.90 Å². The Hall–Kier alpha value is -0.0800. The third-order valence-electron chi connectivity index (χ3n) is 3.22. The molecule has 2 aliphatic rings. The van der Waals surface area contributed by atoms with Crippen molar-refractivity contribution in [3.05, 3.63) is 0 Å². The van der Waals surface area contributed by atoms with Crippen molar-refractivity contribution in [2.75, 3.05) is 0 Å². The second-order valence-electron chi connectivity index (χ2n) is 3.74. The van der Waals surface area contributed by atoms with E-state index in [0.29, 0.717) is 6.42 Å². The fraction of sp³-hybridized carbons (Fsp3) is 0.875. The van der Waals surface area contributed by atoms with E-state index in [4.69, 9.17) is 11.6 Å². The summed E-state index contributed by atoms with van der Waals surface area (Å²) in [5.74, 6) is -0.135. The standard InChI is InChI=1S/C8H11ClO2/c1-7(9)6(10)5-3-2-4-8(5,7)11/h5,11H,2-4H2,1H3/t5-,7-,8+/m0/s1. The lowest BCUT2D eigenvalue weighted by Gasteiger charge is -2.51. The summed E-state index contributed by atoms with van der Waals surface area (Å²) in [5.41, 5.74) is -0.883. The van der Waals surface area contributed by atoms with Crippen LogP contribution in [0.25, 0.3) is 0 Å². The quantitative estimate of drug-likeness (QED) is 0.559. The number of fused-ring (bicyclic) bond motifs is 1. The summed E-state index contributed by atoms with van der Waals surface area (Å²) < 4.78 is 0. The molecule has 0 aromatic rings. The van der Waals surface area contributed by atoms with E-state index in [1.807, 2.05) is 0 Å². The molecule has 2 saturated carbocycles. The second-order valence-corrected chi connectivity index (χ2v) is 4.49. The van der Waals surface area contributed by atoms with Crippen LogP contribution in [0.15, 0.2) is 0 Å². The van der Waals surface area contributed by atoms with E-state index in [2.05, 4.69) is 0 Å². The molecule has 0 heterocycles. The molecule has 2 rings (SSSR count).